The van der Waals surface area contributed by atoms with Crippen LogP contribution in [0.4, 0.5) is 17.2 Å². The summed E-state index contributed by atoms with van der Waals surface area (Å²) in [7, 11) is 1.89. The second kappa shape index (κ2) is 9.59. The van der Waals surface area contributed by atoms with Crippen molar-refractivity contribution in [3.8, 4) is 0 Å². The fourth-order valence-corrected chi connectivity index (χ4v) is 4.47. The van der Waals surface area contributed by atoms with Crippen molar-refractivity contribution in [2.45, 2.75) is 25.3 Å². The minimum Gasteiger partial charge on any atom is -0.378 e. The average molecular weight is 442 g/mol. The van der Waals surface area contributed by atoms with Crippen LogP contribution >= 0.6 is 0 Å². The van der Waals surface area contributed by atoms with Gasteiger partial charge in [-0.25, -0.2) is 4.98 Å². The van der Waals surface area contributed by atoms with Gasteiger partial charge in [-0.15, -0.1) is 0 Å². The molecule has 0 bridgehead atoms. The molecule has 1 atom stereocenters. The van der Waals surface area contributed by atoms with Crippen molar-refractivity contribution < 1.29 is 9.29 Å². The Hall–Kier alpha value is -2.75. The zero-order chi connectivity index (χ0) is 21.8. The summed E-state index contributed by atoms with van der Waals surface area (Å²) in [5.41, 5.74) is 5.12. The monoisotopic (exact) mass is 441 g/mol. The van der Waals surface area contributed by atoms with Gasteiger partial charge in [0.15, 0.2) is 0 Å². The molecule has 1 unspecified atom stereocenters. The lowest BCUT2D eigenvalue weighted by atomic mass is 10.2. The Bertz CT molecular complexity index is 1000. The maximum atomic E-state index is 10.6. The van der Waals surface area contributed by atoms with Crippen LogP contribution in [0.3, 0.4) is 0 Å². The van der Waals surface area contributed by atoms with Gasteiger partial charge in [0.2, 0.25) is 4.90 Å². The van der Waals surface area contributed by atoms with Gasteiger partial charge < -0.3 is 15.0 Å². The molecule has 0 spiro atoms. The molecule has 8 nitrogen and oxygen atoms in total. The van der Waals surface area contributed by atoms with Crippen LogP contribution in [0.15, 0.2) is 47.5 Å². The molecule has 0 saturated carbocycles. The van der Waals surface area contributed by atoms with E-state index in [4.69, 9.17) is 4.74 Å². The summed E-state index contributed by atoms with van der Waals surface area (Å²) < 4.78 is 20.9. The number of morpholine rings is 1. The summed E-state index contributed by atoms with van der Waals surface area (Å²) in [4.78, 5) is 7.52. The Morgan fingerprint density at radius 3 is 2.45 bits per heavy atom. The van der Waals surface area contributed by atoms with Crippen LogP contribution in [0.5, 0.6) is 0 Å². The normalized spacial score (nSPS) is 15.0. The lowest BCUT2D eigenvalue weighted by Crippen LogP contribution is -2.36. The van der Waals surface area contributed by atoms with E-state index in [0.717, 1.165) is 54.1 Å². The molecular weight excluding hydrogens is 412 g/mol. The van der Waals surface area contributed by atoms with Crippen LogP contribution in [0, 0.1) is 13.8 Å². The van der Waals surface area contributed by atoms with Crippen molar-refractivity contribution in [3.05, 3.63) is 59.5 Å². The number of benzene rings is 1. The molecule has 0 amide bonds. The van der Waals surface area contributed by atoms with E-state index in [1.54, 1.807) is 10.9 Å². The van der Waals surface area contributed by atoms with Crippen molar-refractivity contribution in [1.82, 2.24) is 14.8 Å². The van der Waals surface area contributed by atoms with Crippen molar-refractivity contribution in [1.29, 1.82) is 0 Å². The first-order chi connectivity index (χ1) is 15.0. The highest BCUT2D eigenvalue weighted by atomic mass is 32.2. The van der Waals surface area contributed by atoms with E-state index >= 15 is 0 Å². The van der Waals surface area contributed by atoms with E-state index < -0.39 is 11.4 Å². The van der Waals surface area contributed by atoms with E-state index in [-0.39, 0.29) is 0 Å². The fraction of sp³-hybridized carbons (Fsp3) is 0.364. The maximum Gasteiger partial charge on any atom is 0.305 e. The van der Waals surface area contributed by atoms with Gasteiger partial charge >= 0.3 is 11.4 Å². The van der Waals surface area contributed by atoms with E-state index in [1.807, 2.05) is 33.0 Å². The molecule has 1 fully saturated rings. The molecule has 1 aliphatic heterocycles. The number of nitrogens with zero attached hydrogens (tertiary/aromatic N) is 4. The number of hydrogen-bond acceptors (Lipinski definition) is 7. The van der Waals surface area contributed by atoms with E-state index in [2.05, 4.69) is 49.3 Å². The fourth-order valence-electron chi connectivity index (χ4n) is 3.51. The zero-order valence-electron chi connectivity index (χ0n) is 18.1. The van der Waals surface area contributed by atoms with Gasteiger partial charge in [-0.1, -0.05) is 12.1 Å². The molecule has 1 saturated heterocycles. The molecule has 9 heteroatoms. The number of pyridine rings is 1. The van der Waals surface area contributed by atoms with E-state index in [9.17, 15) is 4.55 Å². The Morgan fingerprint density at radius 2 is 1.84 bits per heavy atom. The van der Waals surface area contributed by atoms with Gasteiger partial charge in [0.1, 0.15) is 11.5 Å². The number of ether oxygens (including phenoxy) is 1. The molecule has 1 aromatic carbocycles. The molecule has 3 N–H and O–H groups in total. The summed E-state index contributed by atoms with van der Waals surface area (Å²) in [6.45, 7) is 8.04. The Morgan fingerprint density at radius 1 is 1.10 bits per heavy atom. The van der Waals surface area contributed by atoms with Gasteiger partial charge in [0.05, 0.1) is 30.8 Å². The van der Waals surface area contributed by atoms with Crippen LogP contribution in [0.25, 0.3) is 0 Å². The number of hydrogen-bond donors (Lipinski definition) is 3. The molecule has 0 aliphatic carbocycles. The van der Waals surface area contributed by atoms with Crippen molar-refractivity contribution in [2.75, 3.05) is 41.2 Å². The molecule has 3 heterocycles. The lowest BCUT2D eigenvalue weighted by molar-refractivity contribution is 0.122. The summed E-state index contributed by atoms with van der Waals surface area (Å²) >= 11 is -1.15. The predicted molar refractivity (Wildman–Crippen MR) is 126 cm³/mol. The van der Waals surface area contributed by atoms with Gasteiger partial charge in [-0.3, -0.25) is 4.68 Å². The van der Waals surface area contributed by atoms with Gasteiger partial charge in [-0.2, -0.15) is 14.4 Å². The van der Waals surface area contributed by atoms with Crippen LogP contribution in [-0.2, 0) is 29.7 Å². The number of rotatable bonds is 7. The summed E-state index contributed by atoms with van der Waals surface area (Å²) in [6.07, 6.45) is 1.70. The topological polar surface area (TPSA) is 87.5 Å². The van der Waals surface area contributed by atoms with Crippen molar-refractivity contribution in [3.63, 3.8) is 0 Å². The van der Waals surface area contributed by atoms with Gasteiger partial charge in [-0.05, 0) is 37.6 Å². The lowest BCUT2D eigenvalue weighted by Gasteiger charge is -2.28. The van der Waals surface area contributed by atoms with Crippen molar-refractivity contribution >= 4 is 28.6 Å². The van der Waals surface area contributed by atoms with E-state index in [1.165, 1.54) is 11.3 Å². The molecule has 3 aromatic rings. The second-order valence-electron chi connectivity index (χ2n) is 7.55. The van der Waals surface area contributed by atoms with Crippen LogP contribution in [-0.4, -0.2) is 45.6 Å². The minimum atomic E-state index is -1.15. The third-order valence-corrected chi connectivity index (χ3v) is 6.54. The Labute approximate surface area is 185 Å². The largest absolute Gasteiger partial charge is 0.378 e. The zero-order valence-corrected chi connectivity index (χ0v) is 18.9. The first-order valence-corrected chi connectivity index (χ1v) is 11.5. The molecular formula is C22H29N6O2S+. The summed E-state index contributed by atoms with van der Waals surface area (Å²) in [5.74, 6) is 0.770. The maximum absolute atomic E-state index is 10.6. The average Bonchev–Trinajstić information content (AvgIpc) is 3.05. The minimum absolute atomic E-state index is 0.687. The standard InChI is InChI=1S/C22H29N6O2S/c1-16-22(17(2)27(3)25-16)26-31(29)20-8-9-21(24-15-20)23-14-18-4-6-19(7-5-18)28-10-12-30-13-11-28/h4-9,15,26,29H,10-14H2,1-3H3,(H,23,24)/q+1. The quantitative estimate of drug-likeness (QED) is 0.485. The third kappa shape index (κ3) is 5.12. The SMILES string of the molecule is Cc1nn(C)c(C)c1N[S+](O)c1ccc(NCc2ccc(N3CCOCC3)cc2)nc1. The molecule has 1 aliphatic rings. The predicted octanol–water partition coefficient (Wildman–Crippen LogP) is 3.36. The molecule has 2 aromatic heterocycles. The number of nitrogens with one attached hydrogen (secondary N) is 2. The Kier molecular flexibility index (Phi) is 6.64. The van der Waals surface area contributed by atoms with E-state index in [0.29, 0.717) is 6.54 Å². The third-order valence-electron chi connectivity index (χ3n) is 5.45. The van der Waals surface area contributed by atoms with Crippen molar-refractivity contribution in [2.24, 2.45) is 7.05 Å². The highest BCUT2D eigenvalue weighted by Gasteiger charge is 2.25. The molecule has 4 rings (SSSR count). The van der Waals surface area contributed by atoms with Gasteiger partial charge in [0.25, 0.3) is 0 Å². The van der Waals surface area contributed by atoms with Crippen LogP contribution < -0.4 is 14.9 Å². The number of aromatic nitrogens is 3. The Balaban J connectivity index is 1.32. The number of aryl methyl sites for hydroxylation is 2. The summed E-state index contributed by atoms with van der Waals surface area (Å²) in [5, 5.41) is 7.71. The smallest absolute Gasteiger partial charge is 0.305 e. The van der Waals surface area contributed by atoms with Gasteiger partial charge in [0, 0.05) is 38.4 Å². The highest BCUT2D eigenvalue weighted by Crippen LogP contribution is 2.23. The van der Waals surface area contributed by atoms with Crippen LogP contribution in [0.2, 0.25) is 0 Å². The first-order valence-electron chi connectivity index (χ1n) is 10.3. The second-order valence-corrected chi connectivity index (χ2v) is 8.80. The summed E-state index contributed by atoms with van der Waals surface area (Å²) in [6, 6.07) is 12.4. The molecule has 0 radical (unpaired) electrons. The first kappa shape index (κ1) is 21.5. The number of anilines is 3. The highest BCUT2D eigenvalue weighted by molar-refractivity contribution is 7.92. The molecule has 164 valence electrons. The van der Waals surface area contributed by atoms with Crippen LogP contribution in [0.1, 0.15) is 17.0 Å². The molecule has 31 heavy (non-hydrogen) atoms.